The van der Waals surface area contributed by atoms with E-state index < -0.39 is 33.9 Å². The van der Waals surface area contributed by atoms with Gasteiger partial charge in [0.15, 0.2) is 22.1 Å². The number of benzene rings is 2. The van der Waals surface area contributed by atoms with Crippen LogP contribution in [0.2, 0.25) is 0 Å². The molecule has 9 heteroatoms. The van der Waals surface area contributed by atoms with Gasteiger partial charge in [0.2, 0.25) is 0 Å². The number of carbonyl (C=O) groups is 2. The molecule has 8 nitrogen and oxygen atoms in total. The Bertz CT molecular complexity index is 1240. The highest BCUT2D eigenvalue weighted by Crippen LogP contribution is 2.24. The van der Waals surface area contributed by atoms with Crippen LogP contribution in [-0.4, -0.2) is 53.7 Å². The minimum Gasteiger partial charge on any atom is -0.451 e. The number of hydrogen-bond donors (Lipinski definition) is 1. The standard InChI is InChI=1S/C23H23N3O5S/c1-23(12-13-32(29,30)16-23)24-21(27)15-31-22(28)20-14-19(17-8-4-2-5-9-17)25-26(20)18-10-6-3-7-11-18/h2-11,14H,12-13,15-16H2,1H3,(H,24,27). The van der Waals surface area contributed by atoms with Gasteiger partial charge in [0.25, 0.3) is 5.91 Å². The van der Waals surface area contributed by atoms with E-state index in [1.807, 2.05) is 60.7 Å². The molecule has 1 aliphatic rings. The van der Waals surface area contributed by atoms with Crippen molar-refractivity contribution >= 4 is 21.7 Å². The van der Waals surface area contributed by atoms with E-state index >= 15 is 0 Å². The van der Waals surface area contributed by atoms with Crippen molar-refractivity contribution in [3.8, 4) is 16.9 Å². The average Bonchev–Trinajstić information content (AvgIpc) is 3.34. The molecule has 3 aromatic rings. The molecule has 0 radical (unpaired) electrons. The van der Waals surface area contributed by atoms with E-state index in [2.05, 4.69) is 10.4 Å². The van der Waals surface area contributed by atoms with Crippen LogP contribution in [0.4, 0.5) is 0 Å². The predicted molar refractivity (Wildman–Crippen MR) is 119 cm³/mol. The molecule has 0 spiro atoms. The van der Waals surface area contributed by atoms with Crippen LogP contribution in [0.5, 0.6) is 0 Å². The molecule has 1 N–H and O–H groups in total. The molecule has 1 aromatic heterocycles. The highest BCUT2D eigenvalue weighted by Gasteiger charge is 2.39. The van der Waals surface area contributed by atoms with Crippen LogP contribution in [0.25, 0.3) is 16.9 Å². The molecule has 0 aliphatic carbocycles. The SMILES string of the molecule is CC1(NC(=O)COC(=O)c2cc(-c3ccccc3)nn2-c2ccccc2)CCS(=O)(=O)C1. The van der Waals surface area contributed by atoms with E-state index in [1.54, 1.807) is 13.0 Å². The number of sulfone groups is 1. The quantitative estimate of drug-likeness (QED) is 0.575. The normalized spacial score (nSPS) is 19.4. The summed E-state index contributed by atoms with van der Waals surface area (Å²) >= 11 is 0. The highest BCUT2D eigenvalue weighted by atomic mass is 32.2. The monoisotopic (exact) mass is 453 g/mol. The molecular formula is C23H23N3O5S. The molecular weight excluding hydrogens is 430 g/mol. The van der Waals surface area contributed by atoms with E-state index in [4.69, 9.17) is 4.74 Å². The van der Waals surface area contributed by atoms with Crippen LogP contribution in [0.1, 0.15) is 23.8 Å². The maximum Gasteiger partial charge on any atom is 0.357 e. The van der Waals surface area contributed by atoms with Crippen LogP contribution in [0.3, 0.4) is 0 Å². The van der Waals surface area contributed by atoms with Gasteiger partial charge >= 0.3 is 5.97 Å². The fourth-order valence-corrected chi connectivity index (χ4v) is 5.82. The number of carbonyl (C=O) groups excluding carboxylic acids is 2. The molecule has 0 bridgehead atoms. The molecule has 166 valence electrons. The summed E-state index contributed by atoms with van der Waals surface area (Å²) in [6.07, 6.45) is 0.330. The summed E-state index contributed by atoms with van der Waals surface area (Å²) in [5.41, 5.74) is 1.43. The number of amides is 1. The van der Waals surface area contributed by atoms with Crippen molar-refractivity contribution in [3.63, 3.8) is 0 Å². The molecule has 1 saturated heterocycles. The van der Waals surface area contributed by atoms with Crippen LogP contribution in [-0.2, 0) is 19.4 Å². The lowest BCUT2D eigenvalue weighted by Gasteiger charge is -2.23. The molecule has 1 unspecified atom stereocenters. The Morgan fingerprint density at radius 2 is 1.75 bits per heavy atom. The Labute approximate surface area is 186 Å². The predicted octanol–water partition coefficient (Wildman–Crippen LogP) is 2.39. The minimum atomic E-state index is -3.17. The van der Waals surface area contributed by atoms with Crippen molar-refractivity contribution in [1.29, 1.82) is 0 Å². The first-order valence-electron chi connectivity index (χ1n) is 10.1. The second kappa shape index (κ2) is 8.58. The number of aromatic nitrogens is 2. The summed E-state index contributed by atoms with van der Waals surface area (Å²) in [6.45, 7) is 1.16. The third kappa shape index (κ3) is 4.88. The summed E-state index contributed by atoms with van der Waals surface area (Å²) in [4.78, 5) is 25.2. The molecule has 32 heavy (non-hydrogen) atoms. The van der Waals surface area contributed by atoms with Gasteiger partial charge in [-0.2, -0.15) is 5.10 Å². The molecule has 1 atom stereocenters. The van der Waals surface area contributed by atoms with Gasteiger partial charge in [-0.1, -0.05) is 48.5 Å². The molecule has 2 heterocycles. The van der Waals surface area contributed by atoms with Crippen LogP contribution >= 0.6 is 0 Å². The lowest BCUT2D eigenvalue weighted by molar-refractivity contribution is -0.125. The van der Waals surface area contributed by atoms with E-state index in [-0.39, 0.29) is 17.2 Å². The van der Waals surface area contributed by atoms with Crippen molar-refractivity contribution in [2.45, 2.75) is 18.9 Å². The molecule has 1 amide bonds. The summed E-state index contributed by atoms with van der Waals surface area (Å²) < 4.78 is 30.2. The maximum absolute atomic E-state index is 12.8. The van der Waals surface area contributed by atoms with E-state index in [1.165, 1.54) is 4.68 Å². The highest BCUT2D eigenvalue weighted by molar-refractivity contribution is 7.91. The lowest BCUT2D eigenvalue weighted by atomic mass is 10.0. The largest absolute Gasteiger partial charge is 0.451 e. The van der Waals surface area contributed by atoms with Crippen molar-refractivity contribution in [3.05, 3.63) is 72.4 Å². The number of ether oxygens (including phenoxy) is 1. The number of esters is 1. The molecule has 1 fully saturated rings. The van der Waals surface area contributed by atoms with Gasteiger partial charge in [-0.15, -0.1) is 0 Å². The van der Waals surface area contributed by atoms with E-state index in [0.29, 0.717) is 17.8 Å². The first-order valence-corrected chi connectivity index (χ1v) is 12.0. The fourth-order valence-electron chi connectivity index (χ4n) is 3.73. The summed E-state index contributed by atoms with van der Waals surface area (Å²) in [6, 6.07) is 20.2. The van der Waals surface area contributed by atoms with E-state index in [0.717, 1.165) is 5.56 Å². The van der Waals surface area contributed by atoms with E-state index in [9.17, 15) is 18.0 Å². The zero-order chi connectivity index (χ0) is 22.8. The second-order valence-electron chi connectivity index (χ2n) is 8.06. The first-order chi connectivity index (χ1) is 15.2. The van der Waals surface area contributed by atoms with Crippen molar-refractivity contribution < 1.29 is 22.7 Å². The van der Waals surface area contributed by atoms with Gasteiger partial charge < -0.3 is 10.1 Å². The molecule has 0 saturated carbocycles. The Balaban J connectivity index is 1.51. The summed E-state index contributed by atoms with van der Waals surface area (Å²) in [7, 11) is -3.17. The van der Waals surface area contributed by atoms with Crippen molar-refractivity contribution in [1.82, 2.24) is 15.1 Å². The Hall–Kier alpha value is -3.46. The zero-order valence-electron chi connectivity index (χ0n) is 17.5. The van der Waals surface area contributed by atoms with Crippen molar-refractivity contribution in [2.24, 2.45) is 0 Å². The third-order valence-corrected chi connectivity index (χ3v) is 7.17. The summed E-state index contributed by atoms with van der Waals surface area (Å²) in [5, 5.41) is 7.23. The smallest absolute Gasteiger partial charge is 0.357 e. The third-order valence-electron chi connectivity index (χ3n) is 5.27. The number of rotatable bonds is 6. The van der Waals surface area contributed by atoms with Crippen LogP contribution < -0.4 is 5.32 Å². The van der Waals surface area contributed by atoms with Gasteiger partial charge in [0.1, 0.15) is 0 Å². The summed E-state index contributed by atoms with van der Waals surface area (Å²) in [5.74, 6) is -1.35. The maximum atomic E-state index is 12.8. The Morgan fingerprint density at radius 1 is 1.09 bits per heavy atom. The van der Waals surface area contributed by atoms with Gasteiger partial charge in [0, 0.05) is 5.56 Å². The average molecular weight is 454 g/mol. The van der Waals surface area contributed by atoms with Gasteiger partial charge in [0.05, 0.1) is 28.4 Å². The molecule has 1 aliphatic heterocycles. The number of nitrogens with one attached hydrogen (secondary N) is 1. The topological polar surface area (TPSA) is 107 Å². The minimum absolute atomic E-state index is 0.0299. The number of para-hydroxylation sites is 1. The molecule has 4 rings (SSSR count). The fraction of sp³-hybridized carbons (Fsp3) is 0.261. The van der Waals surface area contributed by atoms with Gasteiger partial charge in [-0.3, -0.25) is 4.79 Å². The van der Waals surface area contributed by atoms with Gasteiger partial charge in [-0.25, -0.2) is 17.9 Å². The van der Waals surface area contributed by atoms with Crippen LogP contribution in [0.15, 0.2) is 66.7 Å². The van der Waals surface area contributed by atoms with Crippen LogP contribution in [0, 0.1) is 0 Å². The number of hydrogen-bond acceptors (Lipinski definition) is 6. The zero-order valence-corrected chi connectivity index (χ0v) is 18.3. The lowest BCUT2D eigenvalue weighted by Crippen LogP contribution is -2.48. The Kier molecular flexibility index (Phi) is 5.84. The Morgan fingerprint density at radius 3 is 2.38 bits per heavy atom. The van der Waals surface area contributed by atoms with Crippen molar-refractivity contribution in [2.75, 3.05) is 18.1 Å². The number of nitrogens with zero attached hydrogens (tertiary/aromatic N) is 2. The first kappa shape index (κ1) is 21.8. The molecule has 2 aromatic carbocycles. The van der Waals surface area contributed by atoms with Gasteiger partial charge in [-0.05, 0) is 31.5 Å². The second-order valence-corrected chi connectivity index (χ2v) is 10.2.